The van der Waals surface area contributed by atoms with E-state index >= 15 is 0 Å². The Kier molecular flexibility index (Phi) is 2.72. The molecule has 0 saturated heterocycles. The standard InChI is InChI=1S/C5H6F2N4O2/c6-2(7)1-8-3-4(12)9-5(13)11-10-3/h2H,1H2,(H,8,10)(H2,9,11,12,13). The lowest BCUT2D eigenvalue weighted by molar-refractivity contribution is 0.163. The van der Waals surface area contributed by atoms with Gasteiger partial charge in [0.2, 0.25) is 5.82 Å². The molecule has 1 heterocycles. The van der Waals surface area contributed by atoms with Crippen LogP contribution in [0.25, 0.3) is 0 Å². The predicted molar refractivity (Wildman–Crippen MR) is 40.0 cm³/mol. The third kappa shape index (κ3) is 2.65. The summed E-state index contributed by atoms with van der Waals surface area (Å²) in [6.07, 6.45) is -2.59. The van der Waals surface area contributed by atoms with Gasteiger partial charge >= 0.3 is 5.69 Å². The molecule has 0 amide bonds. The van der Waals surface area contributed by atoms with Crippen LogP contribution in [0.1, 0.15) is 0 Å². The Bertz CT molecular complexity index is 385. The van der Waals surface area contributed by atoms with Gasteiger partial charge in [0.15, 0.2) is 0 Å². The lowest BCUT2D eigenvalue weighted by Crippen LogP contribution is -2.28. The molecule has 0 atom stereocenters. The molecule has 3 N–H and O–H groups in total. The maximum atomic E-state index is 11.7. The summed E-state index contributed by atoms with van der Waals surface area (Å²) in [6, 6.07) is 0. The average molecular weight is 192 g/mol. The molecule has 6 nitrogen and oxygen atoms in total. The van der Waals surface area contributed by atoms with E-state index in [1.807, 2.05) is 10.1 Å². The van der Waals surface area contributed by atoms with E-state index in [2.05, 4.69) is 10.4 Å². The molecule has 0 spiro atoms. The van der Waals surface area contributed by atoms with Crippen molar-refractivity contribution in [1.29, 1.82) is 0 Å². The minimum Gasteiger partial charge on any atom is -0.358 e. The smallest absolute Gasteiger partial charge is 0.342 e. The normalized spacial score (nSPS) is 10.4. The van der Waals surface area contributed by atoms with Gasteiger partial charge < -0.3 is 5.32 Å². The van der Waals surface area contributed by atoms with Crippen LogP contribution in [0.5, 0.6) is 0 Å². The number of nitrogens with zero attached hydrogens (tertiary/aromatic N) is 1. The number of halogens is 2. The maximum absolute atomic E-state index is 11.7. The summed E-state index contributed by atoms with van der Waals surface area (Å²) in [5.41, 5.74) is -1.61. The first kappa shape index (κ1) is 9.36. The van der Waals surface area contributed by atoms with Crippen LogP contribution >= 0.6 is 0 Å². The van der Waals surface area contributed by atoms with Crippen molar-refractivity contribution < 1.29 is 8.78 Å². The molecule has 1 aromatic rings. The van der Waals surface area contributed by atoms with E-state index in [0.717, 1.165) is 0 Å². The molecule has 13 heavy (non-hydrogen) atoms. The highest BCUT2D eigenvalue weighted by molar-refractivity contribution is 5.28. The Balaban J connectivity index is 2.79. The van der Waals surface area contributed by atoms with Crippen molar-refractivity contribution in [3.05, 3.63) is 20.8 Å². The highest BCUT2D eigenvalue weighted by atomic mass is 19.3. The summed E-state index contributed by atoms with van der Waals surface area (Å²) in [4.78, 5) is 23.1. The minimum absolute atomic E-state index is 0.333. The zero-order valence-corrected chi connectivity index (χ0v) is 6.30. The second-order valence-corrected chi connectivity index (χ2v) is 2.13. The fourth-order valence-electron chi connectivity index (χ4n) is 0.641. The molecule has 0 aliphatic carbocycles. The van der Waals surface area contributed by atoms with Gasteiger partial charge in [-0.1, -0.05) is 0 Å². The third-order valence-corrected chi connectivity index (χ3v) is 1.14. The van der Waals surface area contributed by atoms with Gasteiger partial charge in [0.05, 0.1) is 6.54 Å². The molecule has 0 aliphatic rings. The molecule has 0 aliphatic heterocycles. The largest absolute Gasteiger partial charge is 0.358 e. The lowest BCUT2D eigenvalue weighted by Gasteiger charge is -2.00. The molecular formula is C5H6F2N4O2. The number of hydrogen-bond donors (Lipinski definition) is 3. The molecule has 0 unspecified atom stereocenters. The monoisotopic (exact) mass is 192 g/mol. The van der Waals surface area contributed by atoms with Crippen LogP contribution in [0.3, 0.4) is 0 Å². The molecule has 0 fully saturated rings. The van der Waals surface area contributed by atoms with Crippen LogP contribution in [0.15, 0.2) is 9.59 Å². The van der Waals surface area contributed by atoms with E-state index in [4.69, 9.17) is 0 Å². The highest BCUT2D eigenvalue weighted by Crippen LogP contribution is 1.93. The highest BCUT2D eigenvalue weighted by Gasteiger charge is 2.05. The molecule has 8 heteroatoms. The fourth-order valence-corrected chi connectivity index (χ4v) is 0.641. The van der Waals surface area contributed by atoms with Crippen molar-refractivity contribution in [3.8, 4) is 0 Å². The van der Waals surface area contributed by atoms with Crippen molar-refractivity contribution in [3.63, 3.8) is 0 Å². The van der Waals surface area contributed by atoms with E-state index in [-0.39, 0.29) is 5.82 Å². The Hall–Kier alpha value is -1.73. The second kappa shape index (κ2) is 3.78. The van der Waals surface area contributed by atoms with Crippen molar-refractivity contribution in [1.82, 2.24) is 15.2 Å². The van der Waals surface area contributed by atoms with Crippen LogP contribution in [-0.4, -0.2) is 28.2 Å². The summed E-state index contributed by atoms with van der Waals surface area (Å²) in [5, 5.41) is 7.18. The van der Waals surface area contributed by atoms with Gasteiger partial charge in [-0.15, -0.1) is 5.10 Å². The third-order valence-electron chi connectivity index (χ3n) is 1.14. The van der Waals surface area contributed by atoms with E-state index in [9.17, 15) is 18.4 Å². The Morgan fingerprint density at radius 2 is 2.15 bits per heavy atom. The van der Waals surface area contributed by atoms with Gasteiger partial charge in [0.1, 0.15) is 0 Å². The quantitative estimate of drug-likeness (QED) is 0.580. The molecule has 1 aromatic heterocycles. The number of aromatic nitrogens is 3. The van der Waals surface area contributed by atoms with Gasteiger partial charge in [-0.25, -0.2) is 18.7 Å². The Morgan fingerprint density at radius 3 is 2.69 bits per heavy atom. The first-order chi connectivity index (χ1) is 6.09. The number of anilines is 1. The van der Waals surface area contributed by atoms with Crippen molar-refractivity contribution in [2.75, 3.05) is 11.9 Å². The van der Waals surface area contributed by atoms with Crippen LogP contribution in [0, 0.1) is 0 Å². The summed E-state index contributed by atoms with van der Waals surface area (Å²) in [7, 11) is 0. The first-order valence-corrected chi connectivity index (χ1v) is 3.30. The van der Waals surface area contributed by atoms with E-state index in [1.54, 1.807) is 0 Å². The molecular weight excluding hydrogens is 186 g/mol. The van der Waals surface area contributed by atoms with Crippen LogP contribution < -0.4 is 16.6 Å². The number of alkyl halides is 2. The molecule has 72 valence electrons. The minimum atomic E-state index is -2.59. The van der Waals surface area contributed by atoms with E-state index in [0.29, 0.717) is 0 Å². The number of H-pyrrole nitrogens is 2. The van der Waals surface area contributed by atoms with Crippen LogP contribution in [0.4, 0.5) is 14.6 Å². The van der Waals surface area contributed by atoms with Gasteiger partial charge in [-0.2, -0.15) is 0 Å². The van der Waals surface area contributed by atoms with Gasteiger partial charge in [-0.05, 0) is 0 Å². The first-order valence-electron chi connectivity index (χ1n) is 3.30. The lowest BCUT2D eigenvalue weighted by atomic mass is 10.6. The van der Waals surface area contributed by atoms with Crippen molar-refractivity contribution >= 4 is 5.82 Å². The molecule has 0 bridgehead atoms. The molecule has 0 saturated carbocycles. The van der Waals surface area contributed by atoms with E-state index in [1.165, 1.54) is 0 Å². The predicted octanol–water partition coefficient (Wildman–Crippen LogP) is -0.865. The summed E-state index contributed by atoms with van der Waals surface area (Å²) < 4.78 is 23.3. The van der Waals surface area contributed by atoms with Crippen LogP contribution in [0.2, 0.25) is 0 Å². The SMILES string of the molecule is O=c1[nH]nc(NCC(F)F)c(=O)[nH]1. The summed E-state index contributed by atoms with van der Waals surface area (Å²) in [6.45, 7) is -0.692. The fraction of sp³-hybridized carbons (Fsp3) is 0.400. The van der Waals surface area contributed by atoms with Crippen molar-refractivity contribution in [2.24, 2.45) is 0 Å². The van der Waals surface area contributed by atoms with Gasteiger partial charge in [-0.3, -0.25) is 9.78 Å². The average Bonchev–Trinajstić information content (AvgIpc) is 2.02. The number of aromatic amines is 2. The molecule has 0 radical (unpaired) electrons. The number of nitrogens with one attached hydrogen (secondary N) is 3. The Morgan fingerprint density at radius 1 is 1.46 bits per heavy atom. The van der Waals surface area contributed by atoms with Crippen molar-refractivity contribution in [2.45, 2.75) is 6.43 Å². The number of hydrogen-bond acceptors (Lipinski definition) is 4. The summed E-state index contributed by atoms with van der Waals surface area (Å²) in [5.74, 6) is -0.333. The van der Waals surface area contributed by atoms with Crippen LogP contribution in [-0.2, 0) is 0 Å². The van der Waals surface area contributed by atoms with Gasteiger partial charge in [0, 0.05) is 0 Å². The summed E-state index contributed by atoms with van der Waals surface area (Å²) >= 11 is 0. The van der Waals surface area contributed by atoms with E-state index < -0.39 is 24.2 Å². The molecule has 0 aromatic carbocycles. The second-order valence-electron chi connectivity index (χ2n) is 2.13. The Labute approximate surface area is 70.0 Å². The molecule has 1 rings (SSSR count). The zero-order chi connectivity index (χ0) is 9.84. The number of rotatable bonds is 3. The zero-order valence-electron chi connectivity index (χ0n) is 6.30. The maximum Gasteiger partial charge on any atom is 0.342 e. The van der Waals surface area contributed by atoms with Gasteiger partial charge in [0.25, 0.3) is 12.0 Å². The topological polar surface area (TPSA) is 90.6 Å².